The lowest BCUT2D eigenvalue weighted by molar-refractivity contribution is 0.380. The van der Waals surface area contributed by atoms with Crippen molar-refractivity contribution in [3.8, 4) is 11.4 Å². The first kappa shape index (κ1) is 12.0. The van der Waals surface area contributed by atoms with Crippen LogP contribution in [0.25, 0.3) is 11.4 Å². The molecule has 17 heavy (non-hydrogen) atoms. The minimum atomic E-state index is -0.985. The molecule has 0 amide bonds. The number of nitrogens with zero attached hydrogens (tertiary/aromatic N) is 2. The van der Waals surface area contributed by atoms with Crippen LogP contribution < -0.4 is 5.73 Å². The van der Waals surface area contributed by atoms with Crippen LogP contribution in [-0.2, 0) is 6.54 Å². The van der Waals surface area contributed by atoms with Gasteiger partial charge in [-0.15, -0.1) is 11.8 Å². The monoisotopic (exact) mass is 257 g/mol. The molecule has 2 rings (SSSR count). The molecule has 4 nitrogen and oxygen atoms in total. The van der Waals surface area contributed by atoms with Crippen LogP contribution in [0.4, 0.5) is 8.78 Å². The van der Waals surface area contributed by atoms with Crippen molar-refractivity contribution < 1.29 is 13.3 Å². The second-order valence-corrected chi connectivity index (χ2v) is 4.01. The minimum absolute atomic E-state index is 0.00509. The van der Waals surface area contributed by atoms with Gasteiger partial charge in [0.2, 0.25) is 11.7 Å². The van der Waals surface area contributed by atoms with Crippen molar-refractivity contribution in [2.75, 3.05) is 6.26 Å². The minimum Gasteiger partial charge on any atom is -0.338 e. The van der Waals surface area contributed by atoms with E-state index in [-0.39, 0.29) is 28.7 Å². The molecule has 1 aromatic carbocycles. The maximum absolute atomic E-state index is 13.7. The summed E-state index contributed by atoms with van der Waals surface area (Å²) < 4.78 is 32.0. The fourth-order valence-corrected chi connectivity index (χ4v) is 1.78. The van der Waals surface area contributed by atoms with Gasteiger partial charge in [-0.25, -0.2) is 8.78 Å². The zero-order valence-corrected chi connectivity index (χ0v) is 9.72. The summed E-state index contributed by atoms with van der Waals surface area (Å²) in [5.41, 5.74) is 5.25. The van der Waals surface area contributed by atoms with Crippen LogP contribution in [0.1, 0.15) is 5.89 Å². The van der Waals surface area contributed by atoms with Gasteiger partial charge in [-0.3, -0.25) is 0 Å². The van der Waals surface area contributed by atoms with Crippen molar-refractivity contribution in [2.24, 2.45) is 5.73 Å². The van der Waals surface area contributed by atoms with Crippen molar-refractivity contribution in [3.63, 3.8) is 0 Å². The first-order valence-electron chi connectivity index (χ1n) is 4.72. The molecule has 1 heterocycles. The molecule has 90 valence electrons. The highest BCUT2D eigenvalue weighted by molar-refractivity contribution is 7.98. The zero-order chi connectivity index (χ0) is 12.4. The average molecular weight is 257 g/mol. The van der Waals surface area contributed by atoms with Crippen LogP contribution in [-0.4, -0.2) is 16.4 Å². The van der Waals surface area contributed by atoms with Crippen LogP contribution in [0, 0.1) is 11.6 Å². The van der Waals surface area contributed by atoms with Crippen molar-refractivity contribution >= 4 is 11.8 Å². The third-order valence-corrected chi connectivity index (χ3v) is 2.91. The second kappa shape index (κ2) is 4.80. The number of hydrogen-bond donors (Lipinski definition) is 1. The fourth-order valence-electron chi connectivity index (χ4n) is 1.31. The molecule has 0 saturated carbocycles. The van der Waals surface area contributed by atoms with Gasteiger partial charge >= 0.3 is 0 Å². The van der Waals surface area contributed by atoms with Crippen LogP contribution in [0.2, 0.25) is 0 Å². The molecule has 0 aliphatic carbocycles. The van der Waals surface area contributed by atoms with E-state index in [4.69, 9.17) is 10.3 Å². The van der Waals surface area contributed by atoms with Crippen molar-refractivity contribution in [1.82, 2.24) is 10.1 Å². The van der Waals surface area contributed by atoms with E-state index in [0.717, 1.165) is 11.8 Å². The second-order valence-electron chi connectivity index (χ2n) is 3.16. The number of aromatic nitrogens is 2. The Morgan fingerprint density at radius 1 is 1.35 bits per heavy atom. The van der Waals surface area contributed by atoms with E-state index >= 15 is 0 Å². The van der Waals surface area contributed by atoms with Gasteiger partial charge in [0.15, 0.2) is 11.6 Å². The van der Waals surface area contributed by atoms with Gasteiger partial charge in [-0.2, -0.15) is 4.98 Å². The summed E-state index contributed by atoms with van der Waals surface area (Å²) in [5.74, 6) is -1.72. The molecule has 0 bridgehead atoms. The van der Waals surface area contributed by atoms with Gasteiger partial charge in [0.05, 0.1) is 12.1 Å². The van der Waals surface area contributed by atoms with Crippen LogP contribution in [0.3, 0.4) is 0 Å². The molecular formula is C10H9F2N3OS. The van der Waals surface area contributed by atoms with E-state index in [9.17, 15) is 8.78 Å². The summed E-state index contributed by atoms with van der Waals surface area (Å²) >= 11 is 1.12. The van der Waals surface area contributed by atoms with Gasteiger partial charge in [0, 0.05) is 4.90 Å². The average Bonchev–Trinajstić information content (AvgIpc) is 2.81. The topological polar surface area (TPSA) is 64.9 Å². The lowest BCUT2D eigenvalue weighted by Gasteiger charge is -2.03. The summed E-state index contributed by atoms with van der Waals surface area (Å²) in [5, 5.41) is 3.54. The molecule has 7 heteroatoms. The predicted molar refractivity (Wildman–Crippen MR) is 59.3 cm³/mol. The summed E-state index contributed by atoms with van der Waals surface area (Å²) in [6.45, 7) is 0.0556. The third-order valence-electron chi connectivity index (χ3n) is 2.15. The van der Waals surface area contributed by atoms with E-state index in [1.165, 1.54) is 12.1 Å². The lowest BCUT2D eigenvalue weighted by atomic mass is 10.2. The standard InChI is InChI=1S/C10H9F2N3OS/c1-17-6-3-2-5(8(11)9(6)12)10-14-7(4-13)16-15-10/h2-3H,4,13H2,1H3. The van der Waals surface area contributed by atoms with Crippen molar-refractivity contribution in [2.45, 2.75) is 11.4 Å². The summed E-state index contributed by atoms with van der Waals surface area (Å²) in [6.07, 6.45) is 1.67. The Labute approximate surface area is 100 Å². The Hall–Kier alpha value is -1.47. The van der Waals surface area contributed by atoms with E-state index in [1.54, 1.807) is 6.26 Å². The van der Waals surface area contributed by atoms with Crippen LogP contribution in [0.15, 0.2) is 21.6 Å². The molecule has 0 fully saturated rings. The Bertz CT molecular complexity index is 544. The molecule has 1 aromatic heterocycles. The SMILES string of the molecule is CSc1ccc(-c2noc(CN)n2)c(F)c1F. The van der Waals surface area contributed by atoms with Gasteiger partial charge in [0.25, 0.3) is 0 Å². The molecule has 0 saturated heterocycles. The van der Waals surface area contributed by atoms with Gasteiger partial charge in [0.1, 0.15) is 0 Å². The third kappa shape index (κ3) is 2.16. The number of nitrogens with two attached hydrogens (primary N) is 1. The number of hydrogen-bond acceptors (Lipinski definition) is 5. The quantitative estimate of drug-likeness (QED) is 0.854. The predicted octanol–water partition coefficient (Wildman–Crippen LogP) is 2.20. The highest BCUT2D eigenvalue weighted by Crippen LogP contribution is 2.28. The Morgan fingerprint density at radius 2 is 2.12 bits per heavy atom. The smallest absolute Gasteiger partial charge is 0.240 e. The summed E-state index contributed by atoms with van der Waals surface area (Å²) in [7, 11) is 0. The summed E-state index contributed by atoms with van der Waals surface area (Å²) in [6, 6.07) is 2.88. The van der Waals surface area contributed by atoms with E-state index in [2.05, 4.69) is 10.1 Å². The molecule has 0 unspecified atom stereocenters. The normalized spacial score (nSPS) is 10.8. The molecular weight excluding hydrogens is 248 g/mol. The fraction of sp³-hybridized carbons (Fsp3) is 0.200. The highest BCUT2D eigenvalue weighted by Gasteiger charge is 2.18. The maximum atomic E-state index is 13.7. The van der Waals surface area contributed by atoms with Gasteiger partial charge < -0.3 is 10.3 Å². The Morgan fingerprint density at radius 3 is 2.71 bits per heavy atom. The first-order chi connectivity index (χ1) is 8.17. The molecule has 2 aromatic rings. The first-order valence-corrected chi connectivity index (χ1v) is 5.95. The number of rotatable bonds is 3. The molecule has 0 radical (unpaired) electrons. The van der Waals surface area contributed by atoms with Crippen LogP contribution in [0.5, 0.6) is 0 Å². The molecule has 0 aliphatic rings. The van der Waals surface area contributed by atoms with Gasteiger partial charge in [-0.1, -0.05) is 5.16 Å². The number of thioether (sulfide) groups is 1. The molecule has 0 spiro atoms. The van der Waals surface area contributed by atoms with E-state index in [0.29, 0.717) is 0 Å². The zero-order valence-electron chi connectivity index (χ0n) is 8.91. The van der Waals surface area contributed by atoms with Gasteiger partial charge in [-0.05, 0) is 18.4 Å². The largest absolute Gasteiger partial charge is 0.338 e. The van der Waals surface area contributed by atoms with Crippen molar-refractivity contribution in [3.05, 3.63) is 29.7 Å². The Kier molecular flexibility index (Phi) is 3.39. The van der Waals surface area contributed by atoms with Crippen LogP contribution >= 0.6 is 11.8 Å². The van der Waals surface area contributed by atoms with E-state index < -0.39 is 11.6 Å². The highest BCUT2D eigenvalue weighted by atomic mass is 32.2. The number of halogens is 2. The number of benzene rings is 1. The summed E-state index contributed by atoms with van der Waals surface area (Å²) in [4.78, 5) is 4.07. The maximum Gasteiger partial charge on any atom is 0.240 e. The van der Waals surface area contributed by atoms with Crippen molar-refractivity contribution in [1.29, 1.82) is 0 Å². The molecule has 0 atom stereocenters. The molecule has 0 aliphatic heterocycles. The van der Waals surface area contributed by atoms with E-state index in [1.807, 2.05) is 0 Å². The Balaban J connectivity index is 2.49. The molecule has 2 N–H and O–H groups in total. The lowest BCUT2D eigenvalue weighted by Crippen LogP contribution is -1.97.